The number of hydrogen-bond acceptors (Lipinski definition) is 3. The van der Waals surface area contributed by atoms with Gasteiger partial charge >= 0.3 is 0 Å². The fourth-order valence-corrected chi connectivity index (χ4v) is 0.274. The van der Waals surface area contributed by atoms with E-state index in [2.05, 4.69) is 5.32 Å². The number of nitrogens with one attached hydrogen (secondary N) is 2. The maximum Gasteiger partial charge on any atom is 0.252 e. The van der Waals surface area contributed by atoms with Crippen molar-refractivity contribution in [1.29, 1.82) is 0 Å². The summed E-state index contributed by atoms with van der Waals surface area (Å²) < 4.78 is 0. The van der Waals surface area contributed by atoms with Crippen molar-refractivity contribution in [2.45, 2.75) is 6.42 Å². The fraction of sp³-hybridized carbons (Fsp3) is 0.500. The first kappa shape index (κ1) is 7.90. The van der Waals surface area contributed by atoms with Crippen LogP contribution in [-0.4, -0.2) is 24.1 Å². The Morgan fingerprint density at radius 1 is 1.44 bits per heavy atom. The summed E-state index contributed by atoms with van der Waals surface area (Å²) in [6, 6.07) is 0. The highest BCUT2D eigenvalue weighted by atomic mass is 16.5. The van der Waals surface area contributed by atoms with Gasteiger partial charge in [0.2, 0.25) is 5.91 Å². The third kappa shape index (κ3) is 3.48. The van der Waals surface area contributed by atoms with E-state index in [0.717, 1.165) is 0 Å². The van der Waals surface area contributed by atoms with E-state index in [1.54, 1.807) is 0 Å². The second-order valence-electron chi connectivity index (χ2n) is 1.38. The topological polar surface area (TPSA) is 78.4 Å². The summed E-state index contributed by atoms with van der Waals surface area (Å²) >= 11 is 0. The predicted octanol–water partition coefficient (Wildman–Crippen LogP) is -1.37. The molecule has 0 spiro atoms. The number of rotatable bonds is 2. The minimum absolute atomic E-state index is 0.340. The first-order valence-corrected chi connectivity index (χ1v) is 2.34. The van der Waals surface area contributed by atoms with Gasteiger partial charge < -0.3 is 5.32 Å². The van der Waals surface area contributed by atoms with Crippen LogP contribution in [0.5, 0.6) is 0 Å². The molecular weight excluding hydrogens is 124 g/mol. The normalized spacial score (nSPS) is 8.22. The molecule has 0 bridgehead atoms. The summed E-state index contributed by atoms with van der Waals surface area (Å²) in [5.74, 6) is -1.14. The molecule has 0 aromatic heterocycles. The van der Waals surface area contributed by atoms with Crippen molar-refractivity contribution in [2.75, 3.05) is 7.05 Å². The largest absolute Gasteiger partial charge is 0.359 e. The molecule has 0 unspecified atom stereocenters. The Kier molecular flexibility index (Phi) is 3.38. The van der Waals surface area contributed by atoms with Crippen molar-refractivity contribution in [1.82, 2.24) is 10.8 Å². The van der Waals surface area contributed by atoms with Crippen LogP contribution in [0.15, 0.2) is 0 Å². The zero-order chi connectivity index (χ0) is 7.28. The molecule has 0 atom stereocenters. The van der Waals surface area contributed by atoms with Crippen LogP contribution in [-0.2, 0) is 9.59 Å². The summed E-state index contributed by atoms with van der Waals surface area (Å²) in [4.78, 5) is 20.5. The summed E-state index contributed by atoms with van der Waals surface area (Å²) in [5.41, 5.74) is 1.33. The Morgan fingerprint density at radius 2 is 2.00 bits per heavy atom. The molecule has 0 aliphatic carbocycles. The van der Waals surface area contributed by atoms with E-state index in [1.807, 2.05) is 0 Å². The third-order valence-corrected chi connectivity index (χ3v) is 0.725. The van der Waals surface area contributed by atoms with Crippen molar-refractivity contribution in [3.8, 4) is 0 Å². The van der Waals surface area contributed by atoms with Crippen LogP contribution in [0.1, 0.15) is 6.42 Å². The van der Waals surface area contributed by atoms with Crippen molar-refractivity contribution in [2.24, 2.45) is 0 Å². The Morgan fingerprint density at radius 3 is 2.33 bits per heavy atom. The SMILES string of the molecule is CNC(=O)CC(=O)NO. The van der Waals surface area contributed by atoms with Gasteiger partial charge in [-0.05, 0) is 0 Å². The van der Waals surface area contributed by atoms with Gasteiger partial charge in [-0.25, -0.2) is 5.48 Å². The molecule has 0 aromatic rings. The van der Waals surface area contributed by atoms with Gasteiger partial charge in [-0.15, -0.1) is 0 Å². The highest BCUT2D eigenvalue weighted by Gasteiger charge is 2.04. The van der Waals surface area contributed by atoms with Gasteiger partial charge in [-0.2, -0.15) is 0 Å². The number of hydrogen-bond donors (Lipinski definition) is 3. The number of hydroxylamine groups is 1. The standard InChI is InChI=1S/C4H8N2O3/c1-5-3(7)2-4(8)6-9/h9H,2H2,1H3,(H,5,7)(H,6,8). The van der Waals surface area contributed by atoms with Gasteiger partial charge in [0.25, 0.3) is 5.91 Å². The molecule has 9 heavy (non-hydrogen) atoms. The van der Waals surface area contributed by atoms with Crippen LogP contribution >= 0.6 is 0 Å². The monoisotopic (exact) mass is 132 g/mol. The molecule has 52 valence electrons. The highest BCUT2D eigenvalue weighted by molar-refractivity contribution is 5.96. The lowest BCUT2D eigenvalue weighted by Crippen LogP contribution is -2.27. The van der Waals surface area contributed by atoms with Gasteiger partial charge in [0.05, 0.1) is 0 Å². The summed E-state index contributed by atoms with van der Waals surface area (Å²) in [5, 5.41) is 10.1. The lowest BCUT2D eigenvalue weighted by Gasteiger charge is -1.95. The van der Waals surface area contributed by atoms with E-state index in [4.69, 9.17) is 5.21 Å². The van der Waals surface area contributed by atoms with Crippen molar-refractivity contribution < 1.29 is 14.8 Å². The molecule has 0 radical (unpaired) electrons. The molecule has 0 saturated carbocycles. The third-order valence-electron chi connectivity index (χ3n) is 0.725. The van der Waals surface area contributed by atoms with Crippen LogP contribution in [0.3, 0.4) is 0 Å². The summed E-state index contributed by atoms with van der Waals surface area (Å²) in [7, 11) is 1.41. The molecule has 5 nitrogen and oxygen atoms in total. The molecule has 0 aliphatic rings. The smallest absolute Gasteiger partial charge is 0.252 e. The van der Waals surface area contributed by atoms with E-state index in [0.29, 0.717) is 0 Å². The Balaban J connectivity index is 3.47. The van der Waals surface area contributed by atoms with E-state index in [-0.39, 0.29) is 6.42 Å². The van der Waals surface area contributed by atoms with Crippen molar-refractivity contribution in [3.63, 3.8) is 0 Å². The molecule has 0 aromatic carbocycles. The average Bonchev–Trinajstić information content (AvgIpc) is 1.87. The van der Waals surface area contributed by atoms with Crippen LogP contribution in [0.4, 0.5) is 0 Å². The minimum atomic E-state index is -0.714. The second kappa shape index (κ2) is 3.85. The Hall–Kier alpha value is -1.10. The lowest BCUT2D eigenvalue weighted by molar-refractivity contribution is -0.134. The average molecular weight is 132 g/mol. The van der Waals surface area contributed by atoms with E-state index in [9.17, 15) is 9.59 Å². The molecule has 0 heterocycles. The molecule has 0 fully saturated rings. The zero-order valence-electron chi connectivity index (χ0n) is 4.97. The van der Waals surface area contributed by atoms with Crippen LogP contribution < -0.4 is 10.8 Å². The maximum absolute atomic E-state index is 10.3. The molecule has 2 amide bonds. The molecule has 0 rings (SSSR count). The quantitative estimate of drug-likeness (QED) is 0.246. The van der Waals surface area contributed by atoms with Gasteiger partial charge in [-0.1, -0.05) is 0 Å². The van der Waals surface area contributed by atoms with Crippen molar-refractivity contribution >= 4 is 11.8 Å². The Labute approximate surface area is 52.0 Å². The van der Waals surface area contributed by atoms with Crippen LogP contribution in [0.25, 0.3) is 0 Å². The second-order valence-corrected chi connectivity index (χ2v) is 1.38. The van der Waals surface area contributed by atoms with Gasteiger partial charge in [0.1, 0.15) is 6.42 Å². The molecule has 0 aliphatic heterocycles. The molecule has 5 heteroatoms. The number of amides is 2. The molecular formula is C4H8N2O3. The summed E-state index contributed by atoms with van der Waals surface area (Å²) in [6.07, 6.45) is -0.340. The highest BCUT2D eigenvalue weighted by Crippen LogP contribution is 1.75. The first-order chi connectivity index (χ1) is 4.20. The Bertz CT molecular complexity index is 109. The van der Waals surface area contributed by atoms with Crippen molar-refractivity contribution in [3.05, 3.63) is 0 Å². The molecule has 3 N–H and O–H groups in total. The molecule has 0 saturated heterocycles. The number of carbonyl (C=O) groups excluding carboxylic acids is 2. The van der Waals surface area contributed by atoms with E-state index >= 15 is 0 Å². The van der Waals surface area contributed by atoms with Crippen LogP contribution in [0.2, 0.25) is 0 Å². The summed E-state index contributed by atoms with van der Waals surface area (Å²) in [6.45, 7) is 0. The zero-order valence-corrected chi connectivity index (χ0v) is 4.97. The number of carbonyl (C=O) groups is 2. The fourth-order valence-electron chi connectivity index (χ4n) is 0.274. The van der Waals surface area contributed by atoms with E-state index < -0.39 is 11.8 Å². The van der Waals surface area contributed by atoms with Gasteiger partial charge in [-0.3, -0.25) is 14.8 Å². The first-order valence-electron chi connectivity index (χ1n) is 2.34. The van der Waals surface area contributed by atoms with Gasteiger partial charge in [0.15, 0.2) is 0 Å². The van der Waals surface area contributed by atoms with E-state index in [1.165, 1.54) is 12.5 Å². The maximum atomic E-state index is 10.3. The van der Waals surface area contributed by atoms with Gasteiger partial charge in [0, 0.05) is 7.05 Å². The minimum Gasteiger partial charge on any atom is -0.359 e. The lowest BCUT2D eigenvalue weighted by atomic mass is 10.4. The van der Waals surface area contributed by atoms with Crippen LogP contribution in [0, 0.1) is 0 Å². The predicted molar refractivity (Wildman–Crippen MR) is 28.6 cm³/mol.